The lowest BCUT2D eigenvalue weighted by atomic mass is 9.73. The van der Waals surface area contributed by atoms with Crippen molar-refractivity contribution < 1.29 is 14.4 Å². The van der Waals surface area contributed by atoms with Crippen molar-refractivity contribution in [2.24, 2.45) is 17.8 Å². The fourth-order valence-electron chi connectivity index (χ4n) is 5.34. The van der Waals surface area contributed by atoms with Crippen LogP contribution in [-0.2, 0) is 9.59 Å². The topological polar surface area (TPSA) is 73.0 Å². The first-order valence-electron chi connectivity index (χ1n) is 11.8. The van der Waals surface area contributed by atoms with Crippen LogP contribution in [0.25, 0.3) is 0 Å². The standard InChI is InChI=1S/C23H40N4O3/c1-17(2)9-12-23(21(29)27(22(30)24-23)16-15-25(3)4)19-10-13-26(14-11-19)20(28)18-7-5-6-8-18/h17-19H,5-16H2,1-4H3,(H,24,30)/t23-/m1/s1. The Labute approximate surface area is 181 Å². The molecule has 2 aliphatic heterocycles. The summed E-state index contributed by atoms with van der Waals surface area (Å²) >= 11 is 0. The third kappa shape index (κ3) is 4.82. The van der Waals surface area contributed by atoms with Crippen LogP contribution in [0.3, 0.4) is 0 Å². The highest BCUT2D eigenvalue weighted by molar-refractivity contribution is 6.07. The van der Waals surface area contributed by atoms with Crippen LogP contribution in [0.1, 0.15) is 65.2 Å². The maximum absolute atomic E-state index is 13.5. The normalized spacial score (nSPS) is 26.3. The fourth-order valence-corrected chi connectivity index (χ4v) is 5.34. The molecule has 3 aliphatic rings. The van der Waals surface area contributed by atoms with Crippen LogP contribution in [0.5, 0.6) is 0 Å². The maximum atomic E-state index is 13.5. The lowest BCUT2D eigenvalue weighted by Gasteiger charge is -2.41. The number of hydrogen-bond acceptors (Lipinski definition) is 4. The third-order valence-electron chi connectivity index (χ3n) is 7.30. The number of nitrogens with one attached hydrogen (secondary N) is 1. The molecule has 0 aromatic heterocycles. The minimum Gasteiger partial charge on any atom is -0.342 e. The second-order valence-electron chi connectivity index (χ2n) is 10.2. The van der Waals surface area contributed by atoms with Crippen molar-refractivity contribution >= 4 is 17.8 Å². The van der Waals surface area contributed by atoms with Crippen molar-refractivity contribution in [3.8, 4) is 0 Å². The van der Waals surface area contributed by atoms with E-state index in [9.17, 15) is 14.4 Å². The summed E-state index contributed by atoms with van der Waals surface area (Å²) in [5.41, 5.74) is -0.809. The van der Waals surface area contributed by atoms with Gasteiger partial charge in [-0.05, 0) is 64.5 Å². The lowest BCUT2D eigenvalue weighted by Crippen LogP contribution is -2.57. The number of urea groups is 1. The molecule has 3 rings (SSSR count). The fraction of sp³-hybridized carbons (Fsp3) is 0.870. The van der Waals surface area contributed by atoms with Crippen LogP contribution in [0.4, 0.5) is 4.79 Å². The van der Waals surface area contributed by atoms with E-state index in [-0.39, 0.29) is 23.8 Å². The molecule has 0 radical (unpaired) electrons. The second kappa shape index (κ2) is 9.67. The molecule has 7 nitrogen and oxygen atoms in total. The van der Waals surface area contributed by atoms with Gasteiger partial charge < -0.3 is 15.1 Å². The molecule has 2 saturated heterocycles. The second-order valence-corrected chi connectivity index (χ2v) is 10.2. The first-order valence-corrected chi connectivity index (χ1v) is 11.8. The van der Waals surface area contributed by atoms with E-state index < -0.39 is 5.54 Å². The quantitative estimate of drug-likeness (QED) is 0.613. The summed E-state index contributed by atoms with van der Waals surface area (Å²) in [6.07, 6.45) is 7.50. The molecule has 0 unspecified atom stereocenters. The van der Waals surface area contributed by atoms with Gasteiger partial charge in [0.1, 0.15) is 5.54 Å². The zero-order valence-corrected chi connectivity index (χ0v) is 19.3. The van der Waals surface area contributed by atoms with Gasteiger partial charge in [0.2, 0.25) is 5.91 Å². The molecule has 2 heterocycles. The van der Waals surface area contributed by atoms with Gasteiger partial charge in [0.15, 0.2) is 0 Å². The van der Waals surface area contributed by atoms with Crippen LogP contribution >= 0.6 is 0 Å². The number of likely N-dealkylation sites (N-methyl/N-ethyl adjacent to an activating group) is 1. The van der Waals surface area contributed by atoms with E-state index in [1.54, 1.807) is 0 Å². The summed E-state index contributed by atoms with van der Waals surface area (Å²) < 4.78 is 0. The van der Waals surface area contributed by atoms with Gasteiger partial charge >= 0.3 is 6.03 Å². The molecule has 4 amide bonds. The van der Waals surface area contributed by atoms with E-state index in [2.05, 4.69) is 19.2 Å². The van der Waals surface area contributed by atoms with E-state index in [1.165, 1.54) is 4.90 Å². The zero-order valence-electron chi connectivity index (χ0n) is 19.3. The first kappa shape index (κ1) is 23.0. The summed E-state index contributed by atoms with van der Waals surface area (Å²) in [5.74, 6) is 0.994. The number of carbonyl (C=O) groups excluding carboxylic acids is 3. The summed E-state index contributed by atoms with van der Waals surface area (Å²) in [4.78, 5) is 44.5. The number of amides is 4. The Kier molecular flexibility index (Phi) is 7.43. The minimum absolute atomic E-state index is 0.0597. The van der Waals surface area contributed by atoms with Gasteiger partial charge in [-0.1, -0.05) is 26.7 Å². The van der Waals surface area contributed by atoms with Crippen LogP contribution in [-0.4, -0.2) is 78.4 Å². The lowest BCUT2D eigenvalue weighted by molar-refractivity contribution is -0.138. The van der Waals surface area contributed by atoms with Gasteiger partial charge in [0, 0.05) is 32.1 Å². The first-order chi connectivity index (χ1) is 14.2. The monoisotopic (exact) mass is 420 g/mol. The predicted octanol–water partition coefficient (Wildman–Crippen LogP) is 2.70. The van der Waals surface area contributed by atoms with Crippen LogP contribution in [0.15, 0.2) is 0 Å². The number of hydrogen-bond donors (Lipinski definition) is 1. The highest BCUT2D eigenvalue weighted by Gasteiger charge is 2.55. The van der Waals surface area contributed by atoms with Crippen molar-refractivity contribution in [3.05, 3.63) is 0 Å². The Morgan fingerprint density at radius 2 is 1.77 bits per heavy atom. The van der Waals surface area contributed by atoms with Crippen molar-refractivity contribution in [2.45, 2.75) is 70.8 Å². The zero-order chi connectivity index (χ0) is 21.9. The van der Waals surface area contributed by atoms with E-state index in [0.717, 1.165) is 44.9 Å². The molecular weight excluding hydrogens is 380 g/mol. The van der Waals surface area contributed by atoms with Gasteiger partial charge in [-0.15, -0.1) is 0 Å². The molecule has 1 atom stereocenters. The Hall–Kier alpha value is -1.63. The molecule has 0 bridgehead atoms. The number of piperidine rings is 1. The Balaban J connectivity index is 1.70. The minimum atomic E-state index is -0.809. The highest BCUT2D eigenvalue weighted by Crippen LogP contribution is 2.38. The molecule has 1 aliphatic carbocycles. The van der Waals surface area contributed by atoms with Gasteiger partial charge in [0.25, 0.3) is 5.91 Å². The molecule has 7 heteroatoms. The molecule has 0 aromatic carbocycles. The number of likely N-dealkylation sites (tertiary alicyclic amines) is 1. The van der Waals surface area contributed by atoms with Gasteiger partial charge in [-0.3, -0.25) is 14.5 Å². The van der Waals surface area contributed by atoms with Gasteiger partial charge in [-0.2, -0.15) is 0 Å². The molecular formula is C23H40N4O3. The van der Waals surface area contributed by atoms with Gasteiger partial charge in [0.05, 0.1) is 0 Å². The van der Waals surface area contributed by atoms with E-state index in [4.69, 9.17) is 0 Å². The van der Waals surface area contributed by atoms with E-state index in [0.29, 0.717) is 44.4 Å². The van der Waals surface area contributed by atoms with Crippen LogP contribution in [0.2, 0.25) is 0 Å². The molecule has 3 fully saturated rings. The molecule has 0 spiro atoms. The Morgan fingerprint density at radius 3 is 2.33 bits per heavy atom. The third-order valence-corrected chi connectivity index (χ3v) is 7.30. The maximum Gasteiger partial charge on any atom is 0.325 e. The molecule has 1 saturated carbocycles. The largest absolute Gasteiger partial charge is 0.342 e. The van der Waals surface area contributed by atoms with Crippen LogP contribution < -0.4 is 5.32 Å². The Morgan fingerprint density at radius 1 is 1.13 bits per heavy atom. The van der Waals surface area contributed by atoms with Crippen molar-refractivity contribution in [1.29, 1.82) is 0 Å². The van der Waals surface area contributed by atoms with Crippen molar-refractivity contribution in [2.75, 3.05) is 40.3 Å². The van der Waals surface area contributed by atoms with Crippen molar-refractivity contribution in [1.82, 2.24) is 20.0 Å². The van der Waals surface area contributed by atoms with Crippen molar-refractivity contribution in [3.63, 3.8) is 0 Å². The smallest absolute Gasteiger partial charge is 0.325 e. The van der Waals surface area contributed by atoms with E-state index in [1.807, 2.05) is 23.9 Å². The SMILES string of the molecule is CC(C)CC[C@]1(C2CCN(C(=O)C3CCCC3)CC2)NC(=O)N(CCN(C)C)C1=O. The number of rotatable bonds is 8. The average Bonchev–Trinajstić information content (AvgIpc) is 3.32. The average molecular weight is 421 g/mol. The highest BCUT2D eigenvalue weighted by atomic mass is 16.2. The Bertz CT molecular complexity index is 636. The molecule has 0 aromatic rings. The summed E-state index contributed by atoms with van der Waals surface area (Å²) in [6.45, 7) is 6.78. The number of carbonyl (C=O) groups is 3. The van der Waals surface area contributed by atoms with E-state index >= 15 is 0 Å². The predicted molar refractivity (Wildman–Crippen MR) is 117 cm³/mol. The summed E-state index contributed by atoms with van der Waals surface area (Å²) in [6, 6.07) is -0.255. The summed E-state index contributed by atoms with van der Waals surface area (Å²) in [5, 5.41) is 3.13. The number of nitrogens with zero attached hydrogens (tertiary/aromatic N) is 3. The van der Waals surface area contributed by atoms with Crippen LogP contribution in [0, 0.1) is 17.8 Å². The molecule has 1 N–H and O–H groups in total. The molecule has 30 heavy (non-hydrogen) atoms. The molecule has 170 valence electrons. The van der Waals surface area contributed by atoms with Gasteiger partial charge in [-0.25, -0.2) is 4.79 Å². The number of imide groups is 1. The summed E-state index contributed by atoms with van der Waals surface area (Å²) in [7, 11) is 3.89.